The monoisotopic (exact) mass is 1070 g/mol. The summed E-state index contributed by atoms with van der Waals surface area (Å²) >= 11 is 0. The SMILES string of the molecule is CCCCCCCCCCCCCCCc1ccc2c(c1)OCN(c1ccc(Oc3ccc(C(C)(C)c4ccc(Oc5ccc(N6COc7cc(CCCCCCCCCCCCCCC)ccc7C6)cc5)cc4)cc3)cc1)C2. The fourth-order valence-corrected chi connectivity index (χ4v) is 11.6. The summed E-state index contributed by atoms with van der Waals surface area (Å²) < 4.78 is 25.3. The lowest BCUT2D eigenvalue weighted by Crippen LogP contribution is -2.31. The number of nitrogens with zero attached hydrogens (tertiary/aromatic N) is 2. The number of aryl methyl sites for hydroxylation is 2. The van der Waals surface area contributed by atoms with E-state index in [0.29, 0.717) is 13.5 Å². The molecule has 0 atom stereocenters. The predicted molar refractivity (Wildman–Crippen MR) is 333 cm³/mol. The second kappa shape index (κ2) is 32.4. The van der Waals surface area contributed by atoms with Crippen LogP contribution in [0.1, 0.15) is 228 Å². The van der Waals surface area contributed by atoms with Gasteiger partial charge in [-0.25, -0.2) is 0 Å². The van der Waals surface area contributed by atoms with Gasteiger partial charge in [0.15, 0.2) is 13.5 Å². The molecular formula is C73H98N2O4. The number of hydrogen-bond donors (Lipinski definition) is 0. The molecule has 0 unspecified atom stereocenters. The van der Waals surface area contributed by atoms with E-state index in [0.717, 1.165) is 71.8 Å². The summed E-state index contributed by atoms with van der Waals surface area (Å²) in [5.74, 6) is 5.33. The van der Waals surface area contributed by atoms with Gasteiger partial charge in [0.05, 0.1) is 0 Å². The fourth-order valence-electron chi connectivity index (χ4n) is 11.6. The second-order valence-electron chi connectivity index (χ2n) is 23.7. The minimum absolute atomic E-state index is 0.217. The zero-order valence-corrected chi connectivity index (χ0v) is 49.4. The normalized spacial score (nSPS) is 13.2. The van der Waals surface area contributed by atoms with Gasteiger partial charge in [-0.3, -0.25) is 0 Å². The van der Waals surface area contributed by atoms with E-state index in [1.807, 2.05) is 0 Å². The quantitative estimate of drug-likeness (QED) is 0.0365. The van der Waals surface area contributed by atoms with Crippen LogP contribution < -0.4 is 28.7 Å². The van der Waals surface area contributed by atoms with Crippen molar-refractivity contribution < 1.29 is 18.9 Å². The summed E-state index contributed by atoms with van der Waals surface area (Å²) in [6.45, 7) is 11.9. The molecule has 0 aromatic heterocycles. The van der Waals surface area contributed by atoms with Gasteiger partial charge < -0.3 is 28.7 Å². The Labute approximate surface area is 478 Å². The van der Waals surface area contributed by atoms with Crippen molar-refractivity contribution in [1.82, 2.24) is 0 Å². The second-order valence-corrected chi connectivity index (χ2v) is 23.7. The molecule has 0 saturated heterocycles. The van der Waals surface area contributed by atoms with Crippen molar-refractivity contribution in [3.05, 3.63) is 167 Å². The summed E-state index contributed by atoms with van der Waals surface area (Å²) in [6.07, 6.45) is 38.4. The maximum atomic E-state index is 6.34. The maximum absolute atomic E-state index is 6.34. The summed E-state index contributed by atoms with van der Waals surface area (Å²) in [7, 11) is 0. The number of fused-ring (bicyclic) bond motifs is 2. The van der Waals surface area contributed by atoms with Crippen molar-refractivity contribution >= 4 is 11.4 Å². The first kappa shape index (κ1) is 59.2. The molecule has 2 aliphatic rings. The molecule has 0 fully saturated rings. The first-order valence-corrected chi connectivity index (χ1v) is 31.6. The van der Waals surface area contributed by atoms with Gasteiger partial charge in [0.2, 0.25) is 0 Å². The molecule has 2 heterocycles. The van der Waals surface area contributed by atoms with Crippen LogP contribution in [0, 0.1) is 0 Å². The molecule has 6 heteroatoms. The highest BCUT2D eigenvalue weighted by molar-refractivity contribution is 5.55. The molecule has 0 amide bonds. The Morgan fingerprint density at radius 2 is 0.646 bits per heavy atom. The van der Waals surface area contributed by atoms with E-state index < -0.39 is 0 Å². The summed E-state index contributed by atoms with van der Waals surface area (Å²) in [5.41, 5.74) is 9.73. The van der Waals surface area contributed by atoms with Gasteiger partial charge >= 0.3 is 0 Å². The lowest BCUT2D eigenvalue weighted by Gasteiger charge is -2.31. The Bertz CT molecular complexity index is 2460. The van der Waals surface area contributed by atoms with Crippen LogP contribution in [0.25, 0.3) is 0 Å². The number of benzene rings is 6. The minimum Gasteiger partial charge on any atom is -0.473 e. The lowest BCUT2D eigenvalue weighted by molar-refractivity contribution is 0.289. The molecule has 424 valence electrons. The van der Waals surface area contributed by atoms with Gasteiger partial charge in [0, 0.05) is 41.0 Å². The molecule has 0 aliphatic carbocycles. The van der Waals surface area contributed by atoms with Crippen molar-refractivity contribution in [2.24, 2.45) is 0 Å². The third-order valence-electron chi connectivity index (χ3n) is 16.9. The van der Waals surface area contributed by atoms with E-state index in [9.17, 15) is 0 Å². The van der Waals surface area contributed by atoms with Gasteiger partial charge in [-0.1, -0.05) is 230 Å². The van der Waals surface area contributed by atoms with Crippen molar-refractivity contribution in [2.45, 2.75) is 226 Å². The summed E-state index contributed by atoms with van der Waals surface area (Å²) in [5, 5.41) is 0. The molecule has 79 heavy (non-hydrogen) atoms. The largest absolute Gasteiger partial charge is 0.473 e. The number of hydrogen-bond acceptors (Lipinski definition) is 6. The predicted octanol–water partition coefficient (Wildman–Crippen LogP) is 21.6. The molecule has 0 radical (unpaired) electrons. The van der Waals surface area contributed by atoms with E-state index in [2.05, 4.69) is 171 Å². The topological polar surface area (TPSA) is 43.4 Å². The zero-order valence-electron chi connectivity index (χ0n) is 49.4. The van der Waals surface area contributed by atoms with Gasteiger partial charge in [-0.15, -0.1) is 0 Å². The lowest BCUT2D eigenvalue weighted by atomic mass is 9.78. The van der Waals surface area contributed by atoms with Gasteiger partial charge in [0.25, 0.3) is 0 Å². The van der Waals surface area contributed by atoms with Crippen LogP contribution in [0.5, 0.6) is 34.5 Å². The van der Waals surface area contributed by atoms with E-state index in [1.54, 1.807) is 0 Å². The average Bonchev–Trinajstić information content (AvgIpc) is 3.51. The number of anilines is 2. The summed E-state index contributed by atoms with van der Waals surface area (Å²) in [6, 6.07) is 47.4. The Morgan fingerprint density at radius 1 is 0.354 bits per heavy atom. The Hall–Kier alpha value is -5.88. The standard InChI is InChI=1S/C73H98N2O4/c1-5-7-9-11-13-15-17-19-21-23-25-27-29-31-59-33-35-61-55-74(57-76-71(61)53-59)65-41-49-69(50-42-65)78-67-45-37-63(38-46-67)73(3,4)64-39-47-68(48-40-64)79-70-51-43-66(44-52-70)75-56-62-36-34-60(54-72(62)77-58-75)32-30-28-26-24-22-20-18-16-14-12-10-8-6-2/h33-54H,5-32,55-58H2,1-4H3. The molecule has 6 aromatic carbocycles. The van der Waals surface area contributed by atoms with Gasteiger partial charge in [-0.05, 0) is 133 Å². The minimum atomic E-state index is -0.217. The number of ether oxygens (including phenoxy) is 4. The van der Waals surface area contributed by atoms with Crippen molar-refractivity contribution in [3.63, 3.8) is 0 Å². The highest BCUT2D eigenvalue weighted by Crippen LogP contribution is 2.37. The molecule has 2 aliphatic heterocycles. The maximum Gasteiger partial charge on any atom is 0.161 e. The van der Waals surface area contributed by atoms with E-state index in [-0.39, 0.29) is 5.41 Å². The molecule has 8 rings (SSSR count). The van der Waals surface area contributed by atoms with Crippen LogP contribution in [-0.4, -0.2) is 13.5 Å². The van der Waals surface area contributed by atoms with E-state index in [4.69, 9.17) is 18.9 Å². The molecule has 6 nitrogen and oxygen atoms in total. The smallest absolute Gasteiger partial charge is 0.161 e. The van der Waals surface area contributed by atoms with Gasteiger partial charge in [-0.2, -0.15) is 0 Å². The van der Waals surface area contributed by atoms with Crippen LogP contribution in [0.15, 0.2) is 133 Å². The molecule has 0 spiro atoms. The van der Waals surface area contributed by atoms with Crippen molar-refractivity contribution in [2.75, 3.05) is 23.3 Å². The molecule has 6 aromatic rings. The Morgan fingerprint density at radius 3 is 0.962 bits per heavy atom. The molecule has 0 bridgehead atoms. The van der Waals surface area contributed by atoms with Crippen molar-refractivity contribution in [1.29, 1.82) is 0 Å². The van der Waals surface area contributed by atoms with Crippen molar-refractivity contribution in [3.8, 4) is 34.5 Å². The number of unbranched alkanes of at least 4 members (excludes halogenated alkanes) is 24. The van der Waals surface area contributed by atoms with Crippen LogP contribution in [0.2, 0.25) is 0 Å². The van der Waals surface area contributed by atoms with Crippen LogP contribution in [0.3, 0.4) is 0 Å². The average molecular weight is 1070 g/mol. The highest BCUT2D eigenvalue weighted by atomic mass is 16.5. The van der Waals surface area contributed by atoms with Crippen LogP contribution in [-0.2, 0) is 31.3 Å². The fraction of sp³-hybridized carbons (Fsp3) is 0.507. The highest BCUT2D eigenvalue weighted by Gasteiger charge is 2.24. The van der Waals surface area contributed by atoms with Gasteiger partial charge in [0.1, 0.15) is 34.5 Å². The summed E-state index contributed by atoms with van der Waals surface area (Å²) in [4.78, 5) is 4.56. The molecule has 0 N–H and O–H groups in total. The van der Waals surface area contributed by atoms with E-state index >= 15 is 0 Å². The first-order chi connectivity index (χ1) is 38.8. The van der Waals surface area contributed by atoms with Crippen LogP contribution in [0.4, 0.5) is 11.4 Å². The Kier molecular flexibility index (Phi) is 24.3. The van der Waals surface area contributed by atoms with E-state index in [1.165, 1.54) is 200 Å². The molecular weight excluding hydrogens is 969 g/mol. The first-order valence-electron chi connectivity index (χ1n) is 31.6. The van der Waals surface area contributed by atoms with Crippen LogP contribution >= 0.6 is 0 Å². The number of rotatable bonds is 36. The zero-order chi connectivity index (χ0) is 54.7. The molecule has 0 saturated carbocycles. The Balaban J connectivity index is 0.710. The third kappa shape index (κ3) is 19.1. The third-order valence-corrected chi connectivity index (χ3v) is 16.9.